The molecule has 6 nitrogen and oxygen atoms in total. The van der Waals surface area contributed by atoms with Crippen LogP contribution in [0.5, 0.6) is 0 Å². The number of nitrogens with zero attached hydrogens (tertiary/aromatic N) is 4. The van der Waals surface area contributed by atoms with Crippen LogP contribution in [-0.4, -0.2) is 52.1 Å². The summed E-state index contributed by atoms with van der Waals surface area (Å²) in [7, 11) is 1.73. The summed E-state index contributed by atoms with van der Waals surface area (Å²) in [6.07, 6.45) is 7.78. The van der Waals surface area contributed by atoms with Crippen LogP contribution in [0.1, 0.15) is 35.8 Å². The average Bonchev–Trinajstić information content (AvgIpc) is 3.23. The van der Waals surface area contributed by atoms with E-state index in [9.17, 15) is 4.79 Å². The van der Waals surface area contributed by atoms with E-state index in [1.165, 1.54) is 5.69 Å². The van der Waals surface area contributed by atoms with Gasteiger partial charge in [0.25, 0.3) is 0 Å². The Morgan fingerprint density at radius 3 is 3.04 bits per heavy atom. The van der Waals surface area contributed by atoms with Crippen molar-refractivity contribution in [1.29, 1.82) is 0 Å². The lowest BCUT2D eigenvalue weighted by Crippen LogP contribution is -2.30. The number of aryl methyl sites for hydroxylation is 1. The van der Waals surface area contributed by atoms with Gasteiger partial charge in [0.2, 0.25) is 5.91 Å². The molecule has 0 saturated carbocycles. The first-order chi connectivity index (χ1) is 12.2. The number of imidazole rings is 1. The van der Waals surface area contributed by atoms with Crippen LogP contribution in [0.25, 0.3) is 0 Å². The quantitative estimate of drug-likeness (QED) is 0.724. The van der Waals surface area contributed by atoms with Gasteiger partial charge in [-0.25, -0.2) is 4.98 Å². The standard InChI is InChI=1S/C19H26N4O2/c1-15-12-21-19(23(15)8-4-10-25-2)17-6-9-22(14-17)18(24)11-16-5-3-7-20-13-16/h3,5,7,12-13,17H,4,6,8-11,14H2,1-2H3. The van der Waals surface area contributed by atoms with Gasteiger partial charge in [-0.2, -0.15) is 0 Å². The molecule has 1 aliphatic heterocycles. The molecule has 0 aromatic carbocycles. The van der Waals surface area contributed by atoms with Crippen molar-refractivity contribution in [1.82, 2.24) is 19.4 Å². The van der Waals surface area contributed by atoms with Crippen molar-refractivity contribution in [2.75, 3.05) is 26.8 Å². The number of carbonyl (C=O) groups excluding carboxylic acids is 1. The molecule has 1 aliphatic rings. The minimum absolute atomic E-state index is 0.171. The van der Waals surface area contributed by atoms with E-state index in [1.807, 2.05) is 23.2 Å². The number of rotatable bonds is 7. The van der Waals surface area contributed by atoms with Crippen LogP contribution in [0.15, 0.2) is 30.7 Å². The van der Waals surface area contributed by atoms with E-state index in [-0.39, 0.29) is 5.91 Å². The van der Waals surface area contributed by atoms with Crippen LogP contribution in [0.3, 0.4) is 0 Å². The zero-order valence-corrected chi connectivity index (χ0v) is 15.0. The predicted molar refractivity (Wildman–Crippen MR) is 95.3 cm³/mol. The van der Waals surface area contributed by atoms with Crippen LogP contribution >= 0.6 is 0 Å². The summed E-state index contributed by atoms with van der Waals surface area (Å²) in [5.74, 6) is 1.59. The van der Waals surface area contributed by atoms with E-state index in [1.54, 1.807) is 19.5 Å². The van der Waals surface area contributed by atoms with Crippen LogP contribution in [0.2, 0.25) is 0 Å². The van der Waals surface area contributed by atoms with Crippen molar-refractivity contribution < 1.29 is 9.53 Å². The molecule has 1 fully saturated rings. The molecule has 0 aliphatic carbocycles. The maximum atomic E-state index is 12.5. The zero-order valence-electron chi connectivity index (χ0n) is 15.0. The first-order valence-electron chi connectivity index (χ1n) is 8.86. The largest absolute Gasteiger partial charge is 0.385 e. The molecule has 0 bridgehead atoms. The van der Waals surface area contributed by atoms with Gasteiger partial charge in [0.05, 0.1) is 6.42 Å². The molecule has 1 amide bonds. The summed E-state index contributed by atoms with van der Waals surface area (Å²) in [5.41, 5.74) is 2.14. The number of hydrogen-bond donors (Lipinski definition) is 0. The summed E-state index contributed by atoms with van der Waals surface area (Å²) >= 11 is 0. The highest BCUT2D eigenvalue weighted by molar-refractivity contribution is 5.79. The number of hydrogen-bond acceptors (Lipinski definition) is 4. The molecule has 3 rings (SSSR count). The van der Waals surface area contributed by atoms with Crippen molar-refractivity contribution >= 4 is 5.91 Å². The Hall–Kier alpha value is -2.21. The average molecular weight is 342 g/mol. The Labute approximate surface area is 148 Å². The number of ether oxygens (including phenoxy) is 1. The van der Waals surface area contributed by atoms with Crippen molar-refractivity contribution in [3.63, 3.8) is 0 Å². The smallest absolute Gasteiger partial charge is 0.227 e. The third kappa shape index (κ3) is 4.25. The van der Waals surface area contributed by atoms with Crippen molar-refractivity contribution in [2.45, 2.75) is 38.6 Å². The summed E-state index contributed by atoms with van der Waals surface area (Å²) in [6.45, 7) is 5.30. The zero-order chi connectivity index (χ0) is 17.6. The Balaban J connectivity index is 1.62. The van der Waals surface area contributed by atoms with Gasteiger partial charge in [-0.05, 0) is 31.4 Å². The van der Waals surface area contributed by atoms with Crippen LogP contribution in [-0.2, 0) is 22.5 Å². The molecule has 0 N–H and O–H groups in total. The fourth-order valence-electron chi connectivity index (χ4n) is 3.45. The Morgan fingerprint density at radius 2 is 2.28 bits per heavy atom. The van der Waals surface area contributed by atoms with Gasteiger partial charge in [0.15, 0.2) is 0 Å². The summed E-state index contributed by atoms with van der Waals surface area (Å²) in [6, 6.07) is 3.82. The second-order valence-corrected chi connectivity index (χ2v) is 6.62. The Kier molecular flexibility index (Phi) is 5.81. The van der Waals surface area contributed by atoms with E-state index in [0.717, 1.165) is 50.5 Å². The molecule has 2 aromatic rings. The molecule has 1 unspecified atom stereocenters. The van der Waals surface area contributed by atoms with Crippen LogP contribution in [0, 0.1) is 6.92 Å². The van der Waals surface area contributed by atoms with Gasteiger partial charge in [-0.1, -0.05) is 6.07 Å². The normalized spacial score (nSPS) is 17.2. The maximum Gasteiger partial charge on any atom is 0.227 e. The number of pyridine rings is 1. The fraction of sp³-hybridized carbons (Fsp3) is 0.526. The van der Waals surface area contributed by atoms with Gasteiger partial charge < -0.3 is 14.2 Å². The lowest BCUT2D eigenvalue weighted by molar-refractivity contribution is -0.129. The summed E-state index contributed by atoms with van der Waals surface area (Å²) in [5, 5.41) is 0. The van der Waals surface area contributed by atoms with E-state index in [4.69, 9.17) is 4.74 Å². The number of aromatic nitrogens is 3. The highest BCUT2D eigenvalue weighted by Crippen LogP contribution is 2.27. The third-order valence-electron chi connectivity index (χ3n) is 4.80. The number of carbonyl (C=O) groups is 1. The summed E-state index contributed by atoms with van der Waals surface area (Å²) in [4.78, 5) is 23.2. The molecule has 1 saturated heterocycles. The highest BCUT2D eigenvalue weighted by Gasteiger charge is 2.30. The van der Waals surface area contributed by atoms with E-state index in [0.29, 0.717) is 12.3 Å². The van der Waals surface area contributed by atoms with E-state index >= 15 is 0 Å². The SMILES string of the molecule is COCCCn1c(C)cnc1C1CCN(C(=O)Cc2cccnc2)C1. The summed E-state index contributed by atoms with van der Waals surface area (Å²) < 4.78 is 7.44. The van der Waals surface area contributed by atoms with Gasteiger partial charge in [0, 0.05) is 63.6 Å². The molecule has 0 radical (unpaired) electrons. The van der Waals surface area contributed by atoms with Crippen molar-refractivity contribution in [2.24, 2.45) is 0 Å². The molecular formula is C19H26N4O2. The van der Waals surface area contributed by atoms with Crippen molar-refractivity contribution in [3.8, 4) is 0 Å². The molecule has 6 heteroatoms. The van der Waals surface area contributed by atoms with E-state index in [2.05, 4.69) is 21.5 Å². The highest BCUT2D eigenvalue weighted by atomic mass is 16.5. The number of likely N-dealkylation sites (tertiary alicyclic amines) is 1. The minimum atomic E-state index is 0.171. The molecule has 3 heterocycles. The molecule has 134 valence electrons. The fourth-order valence-corrected chi connectivity index (χ4v) is 3.45. The van der Waals surface area contributed by atoms with Crippen LogP contribution in [0.4, 0.5) is 0 Å². The number of methoxy groups -OCH3 is 1. The van der Waals surface area contributed by atoms with E-state index < -0.39 is 0 Å². The number of amides is 1. The maximum absolute atomic E-state index is 12.5. The van der Waals surface area contributed by atoms with Gasteiger partial charge >= 0.3 is 0 Å². The third-order valence-corrected chi connectivity index (χ3v) is 4.80. The second-order valence-electron chi connectivity index (χ2n) is 6.62. The molecule has 25 heavy (non-hydrogen) atoms. The predicted octanol–water partition coefficient (Wildman–Crippen LogP) is 2.18. The monoisotopic (exact) mass is 342 g/mol. The molecule has 0 spiro atoms. The van der Waals surface area contributed by atoms with Gasteiger partial charge in [-0.15, -0.1) is 0 Å². The Bertz CT molecular complexity index is 699. The van der Waals surface area contributed by atoms with Crippen molar-refractivity contribution in [3.05, 3.63) is 47.8 Å². The lowest BCUT2D eigenvalue weighted by atomic mass is 10.1. The Morgan fingerprint density at radius 1 is 1.40 bits per heavy atom. The van der Waals surface area contributed by atoms with Gasteiger partial charge in [0.1, 0.15) is 5.82 Å². The van der Waals surface area contributed by atoms with Gasteiger partial charge in [-0.3, -0.25) is 9.78 Å². The first kappa shape index (κ1) is 17.6. The molecule has 2 aromatic heterocycles. The second kappa shape index (κ2) is 8.25. The molecular weight excluding hydrogens is 316 g/mol. The minimum Gasteiger partial charge on any atom is -0.385 e. The first-order valence-corrected chi connectivity index (χ1v) is 8.86. The van der Waals surface area contributed by atoms with Crippen LogP contribution < -0.4 is 0 Å². The topological polar surface area (TPSA) is 60.2 Å². The lowest BCUT2D eigenvalue weighted by Gasteiger charge is -2.17. The molecule has 1 atom stereocenters.